The first kappa shape index (κ1) is 20.6. The van der Waals surface area contributed by atoms with Gasteiger partial charge >= 0.3 is 6.03 Å². The second-order valence-corrected chi connectivity index (χ2v) is 9.54. The Labute approximate surface area is 182 Å². The Bertz CT molecular complexity index is 1230. The van der Waals surface area contributed by atoms with Gasteiger partial charge in [0.15, 0.2) is 5.16 Å². The first-order chi connectivity index (χ1) is 14.3. The molecule has 0 aliphatic carbocycles. The van der Waals surface area contributed by atoms with E-state index in [1.165, 1.54) is 43.7 Å². The predicted octanol–water partition coefficient (Wildman–Crippen LogP) is 3.31. The minimum atomic E-state index is -0.538. The van der Waals surface area contributed by atoms with Gasteiger partial charge in [-0.25, -0.2) is 9.78 Å². The number of hydrogen-bond donors (Lipinski definition) is 1. The van der Waals surface area contributed by atoms with E-state index in [-0.39, 0.29) is 17.5 Å². The average Bonchev–Trinajstić information content (AvgIpc) is 3.33. The van der Waals surface area contributed by atoms with E-state index in [0.29, 0.717) is 28.5 Å². The molecule has 30 heavy (non-hydrogen) atoms. The summed E-state index contributed by atoms with van der Waals surface area (Å²) >= 11 is 2.61. The molecule has 3 amide bonds. The fourth-order valence-electron chi connectivity index (χ4n) is 3.39. The number of urea groups is 1. The lowest BCUT2D eigenvalue weighted by atomic mass is 10.0. The largest absolute Gasteiger partial charge is 0.336 e. The van der Waals surface area contributed by atoms with Crippen LogP contribution in [0.25, 0.3) is 21.3 Å². The molecule has 4 rings (SSSR count). The van der Waals surface area contributed by atoms with Crippen LogP contribution < -0.4 is 10.9 Å². The number of benzene rings is 1. The summed E-state index contributed by atoms with van der Waals surface area (Å²) in [6.07, 6.45) is 0. The maximum atomic E-state index is 13.2. The van der Waals surface area contributed by atoms with Gasteiger partial charge < -0.3 is 5.32 Å². The van der Waals surface area contributed by atoms with E-state index >= 15 is 0 Å². The predicted molar refractivity (Wildman–Crippen MR) is 120 cm³/mol. The van der Waals surface area contributed by atoms with E-state index in [2.05, 4.69) is 36.3 Å². The highest BCUT2D eigenvalue weighted by molar-refractivity contribution is 8.00. The van der Waals surface area contributed by atoms with Crippen molar-refractivity contribution >= 4 is 45.3 Å². The monoisotopic (exact) mass is 442 g/mol. The van der Waals surface area contributed by atoms with E-state index < -0.39 is 5.25 Å². The SMILES string of the molecule is Cc1ccc(-c2csc3nc(S[C@@H](C)C(=O)N4CCNC4=O)n(C)c(=O)c23)cc1C. The fourth-order valence-corrected chi connectivity index (χ4v) is 5.31. The van der Waals surface area contributed by atoms with Gasteiger partial charge in [0.1, 0.15) is 4.83 Å². The molecule has 3 heterocycles. The Morgan fingerprint density at radius 2 is 2.03 bits per heavy atom. The van der Waals surface area contributed by atoms with Gasteiger partial charge in [-0.1, -0.05) is 30.0 Å². The zero-order chi connectivity index (χ0) is 21.6. The number of imide groups is 1. The van der Waals surface area contributed by atoms with Crippen molar-refractivity contribution in [2.45, 2.75) is 31.2 Å². The smallest absolute Gasteiger partial charge is 0.324 e. The molecule has 1 saturated heterocycles. The number of nitrogens with one attached hydrogen (secondary N) is 1. The van der Waals surface area contributed by atoms with Crippen molar-refractivity contribution in [2.75, 3.05) is 13.1 Å². The zero-order valence-corrected chi connectivity index (χ0v) is 18.8. The Hall–Kier alpha value is -2.65. The summed E-state index contributed by atoms with van der Waals surface area (Å²) in [5.41, 5.74) is 4.10. The number of fused-ring (bicyclic) bond motifs is 1. The van der Waals surface area contributed by atoms with E-state index in [1.54, 1.807) is 14.0 Å². The number of thiophene rings is 1. The van der Waals surface area contributed by atoms with Crippen LogP contribution in [-0.2, 0) is 11.8 Å². The van der Waals surface area contributed by atoms with Crippen LogP contribution in [0.15, 0.2) is 33.5 Å². The molecule has 0 radical (unpaired) electrons. The summed E-state index contributed by atoms with van der Waals surface area (Å²) in [4.78, 5) is 44.1. The van der Waals surface area contributed by atoms with Crippen molar-refractivity contribution in [3.63, 3.8) is 0 Å². The van der Waals surface area contributed by atoms with Crippen molar-refractivity contribution in [3.05, 3.63) is 45.1 Å². The molecule has 3 aromatic rings. The van der Waals surface area contributed by atoms with Gasteiger partial charge in [-0.3, -0.25) is 19.1 Å². The number of nitrogens with zero attached hydrogens (tertiary/aromatic N) is 3. The maximum Gasteiger partial charge on any atom is 0.324 e. The van der Waals surface area contributed by atoms with Crippen molar-refractivity contribution in [2.24, 2.45) is 7.05 Å². The number of hydrogen-bond acceptors (Lipinski definition) is 6. The highest BCUT2D eigenvalue weighted by Crippen LogP contribution is 2.33. The highest BCUT2D eigenvalue weighted by atomic mass is 32.2. The van der Waals surface area contributed by atoms with Crippen LogP contribution in [0.2, 0.25) is 0 Å². The summed E-state index contributed by atoms with van der Waals surface area (Å²) in [6, 6.07) is 5.79. The molecular weight excluding hydrogens is 420 g/mol. The number of thioether (sulfide) groups is 1. The molecule has 1 N–H and O–H groups in total. The van der Waals surface area contributed by atoms with Crippen LogP contribution >= 0.6 is 23.1 Å². The molecular formula is C21H22N4O3S2. The number of rotatable bonds is 4. The summed E-state index contributed by atoms with van der Waals surface area (Å²) < 4.78 is 1.48. The lowest BCUT2D eigenvalue weighted by Crippen LogP contribution is -2.39. The number of aromatic nitrogens is 2. The van der Waals surface area contributed by atoms with Gasteiger partial charge in [-0.15, -0.1) is 11.3 Å². The third-order valence-electron chi connectivity index (χ3n) is 5.34. The molecule has 1 aliphatic heterocycles. The van der Waals surface area contributed by atoms with Crippen LogP contribution in [0.3, 0.4) is 0 Å². The van der Waals surface area contributed by atoms with E-state index in [4.69, 9.17) is 0 Å². The van der Waals surface area contributed by atoms with Crippen molar-refractivity contribution in [3.8, 4) is 11.1 Å². The van der Waals surface area contributed by atoms with Crippen LogP contribution in [-0.4, -0.2) is 44.7 Å². The minimum absolute atomic E-state index is 0.143. The lowest BCUT2D eigenvalue weighted by molar-refractivity contribution is -0.126. The summed E-state index contributed by atoms with van der Waals surface area (Å²) in [6.45, 7) is 6.66. The number of aryl methyl sites for hydroxylation is 2. The van der Waals surface area contributed by atoms with E-state index in [1.807, 2.05) is 11.4 Å². The Balaban J connectivity index is 1.69. The maximum absolute atomic E-state index is 13.2. The number of carbonyl (C=O) groups is 2. The number of carbonyl (C=O) groups excluding carboxylic acids is 2. The van der Waals surface area contributed by atoms with E-state index in [9.17, 15) is 14.4 Å². The summed E-state index contributed by atoms with van der Waals surface area (Å²) in [5.74, 6) is -0.286. The standard InChI is InChI=1S/C21H22N4O3S2/c1-11-5-6-14(9-12(11)2)15-10-29-17-16(15)19(27)24(4)21(23-17)30-13(3)18(26)25-8-7-22-20(25)28/h5-6,9-10,13H,7-8H2,1-4H3,(H,22,28)/t13-/m0/s1. The molecule has 9 heteroatoms. The van der Waals surface area contributed by atoms with Gasteiger partial charge in [-0.2, -0.15) is 0 Å². The quantitative estimate of drug-likeness (QED) is 0.495. The fraction of sp³-hybridized carbons (Fsp3) is 0.333. The molecule has 7 nitrogen and oxygen atoms in total. The van der Waals surface area contributed by atoms with Crippen molar-refractivity contribution < 1.29 is 9.59 Å². The Morgan fingerprint density at radius 3 is 2.70 bits per heavy atom. The topological polar surface area (TPSA) is 84.3 Å². The van der Waals surface area contributed by atoms with E-state index in [0.717, 1.165) is 11.1 Å². The molecule has 2 aromatic heterocycles. The molecule has 1 atom stereocenters. The van der Waals surface area contributed by atoms with Gasteiger partial charge in [0.25, 0.3) is 5.56 Å². The molecule has 0 bridgehead atoms. The van der Waals surface area contributed by atoms with Gasteiger partial charge in [0.05, 0.1) is 10.6 Å². The zero-order valence-electron chi connectivity index (χ0n) is 17.2. The molecule has 156 valence electrons. The van der Waals surface area contributed by atoms with Gasteiger partial charge in [0.2, 0.25) is 5.91 Å². The Morgan fingerprint density at radius 1 is 1.27 bits per heavy atom. The van der Waals surface area contributed by atoms with Gasteiger partial charge in [-0.05, 0) is 37.5 Å². The van der Waals surface area contributed by atoms with Crippen LogP contribution in [0.1, 0.15) is 18.1 Å². The first-order valence-corrected chi connectivity index (χ1v) is 11.4. The number of amides is 3. The van der Waals surface area contributed by atoms with Crippen molar-refractivity contribution in [1.29, 1.82) is 0 Å². The Kier molecular flexibility index (Phi) is 5.42. The highest BCUT2D eigenvalue weighted by Gasteiger charge is 2.31. The third-order valence-corrected chi connectivity index (χ3v) is 7.35. The average molecular weight is 443 g/mol. The molecule has 0 spiro atoms. The third kappa shape index (κ3) is 3.52. The second kappa shape index (κ2) is 7.88. The molecule has 1 fully saturated rings. The lowest BCUT2D eigenvalue weighted by Gasteiger charge is -2.18. The van der Waals surface area contributed by atoms with Crippen LogP contribution in [0.4, 0.5) is 4.79 Å². The van der Waals surface area contributed by atoms with Crippen LogP contribution in [0.5, 0.6) is 0 Å². The van der Waals surface area contributed by atoms with Crippen LogP contribution in [0, 0.1) is 13.8 Å². The minimum Gasteiger partial charge on any atom is -0.336 e. The molecule has 0 saturated carbocycles. The second-order valence-electron chi connectivity index (χ2n) is 7.37. The van der Waals surface area contributed by atoms with Crippen molar-refractivity contribution in [1.82, 2.24) is 19.8 Å². The molecule has 0 unspecified atom stereocenters. The normalized spacial score (nSPS) is 14.9. The molecule has 1 aromatic carbocycles. The summed E-state index contributed by atoms with van der Waals surface area (Å²) in [5, 5.41) is 5.10. The van der Waals surface area contributed by atoms with Gasteiger partial charge in [0, 0.05) is 31.1 Å². The first-order valence-electron chi connectivity index (χ1n) is 9.59. The summed E-state index contributed by atoms with van der Waals surface area (Å²) in [7, 11) is 1.67. The molecule has 1 aliphatic rings.